The maximum Gasteiger partial charge on any atom is 0.244 e. The zero-order valence-corrected chi connectivity index (χ0v) is 14.9. The van der Waals surface area contributed by atoms with Crippen LogP contribution in [0.3, 0.4) is 0 Å². The van der Waals surface area contributed by atoms with Crippen molar-refractivity contribution in [2.75, 3.05) is 16.8 Å². The summed E-state index contributed by atoms with van der Waals surface area (Å²) in [6, 6.07) is 15.0. The molecule has 1 aliphatic heterocycles. The van der Waals surface area contributed by atoms with Crippen molar-refractivity contribution >= 4 is 45.9 Å². The standard InChI is InChI=1S/C19H16N4O2S/c1-12(26-18-13-6-2-3-7-14(13)20-11-21-18)19(25)23-10-17(24)22-15-8-4-5-9-16(15)23/h2-9,11-12H,10H2,1H3,(H,22,24)/t12-/m0/s1. The zero-order valence-electron chi connectivity index (χ0n) is 14.0. The molecule has 0 fully saturated rings. The highest BCUT2D eigenvalue weighted by atomic mass is 32.2. The molecule has 0 bridgehead atoms. The fraction of sp³-hybridized carbons (Fsp3) is 0.158. The number of carbonyl (C=O) groups is 2. The van der Waals surface area contributed by atoms with Gasteiger partial charge < -0.3 is 5.32 Å². The Morgan fingerprint density at radius 1 is 1.15 bits per heavy atom. The Labute approximate surface area is 154 Å². The van der Waals surface area contributed by atoms with E-state index in [1.165, 1.54) is 23.0 Å². The van der Waals surface area contributed by atoms with E-state index in [2.05, 4.69) is 15.3 Å². The van der Waals surface area contributed by atoms with Crippen LogP contribution >= 0.6 is 11.8 Å². The molecule has 1 aliphatic rings. The monoisotopic (exact) mass is 364 g/mol. The summed E-state index contributed by atoms with van der Waals surface area (Å²) < 4.78 is 0. The van der Waals surface area contributed by atoms with Gasteiger partial charge in [0.1, 0.15) is 17.9 Å². The second-order valence-corrected chi connectivity index (χ2v) is 7.28. The van der Waals surface area contributed by atoms with Crippen LogP contribution in [0.5, 0.6) is 0 Å². The number of aromatic nitrogens is 2. The van der Waals surface area contributed by atoms with Gasteiger partial charge in [-0.15, -0.1) is 0 Å². The van der Waals surface area contributed by atoms with E-state index < -0.39 is 5.25 Å². The van der Waals surface area contributed by atoms with Crippen LogP contribution in [0, 0.1) is 0 Å². The van der Waals surface area contributed by atoms with Crippen LogP contribution in [0.1, 0.15) is 6.92 Å². The molecule has 0 aliphatic carbocycles. The first-order valence-corrected chi connectivity index (χ1v) is 9.08. The molecule has 2 heterocycles. The van der Waals surface area contributed by atoms with Crippen LogP contribution in [0.2, 0.25) is 0 Å². The van der Waals surface area contributed by atoms with Gasteiger partial charge in [-0.25, -0.2) is 9.97 Å². The molecule has 26 heavy (non-hydrogen) atoms. The lowest BCUT2D eigenvalue weighted by atomic mass is 10.2. The quantitative estimate of drug-likeness (QED) is 0.571. The van der Waals surface area contributed by atoms with Crippen LogP contribution in [0.15, 0.2) is 59.9 Å². The Balaban J connectivity index is 1.61. The second kappa shape index (κ2) is 6.76. The number of para-hydroxylation sites is 3. The number of hydrogen-bond donors (Lipinski definition) is 1. The smallest absolute Gasteiger partial charge is 0.244 e. The average Bonchev–Trinajstić information content (AvgIpc) is 2.67. The summed E-state index contributed by atoms with van der Waals surface area (Å²) in [5, 5.41) is 4.07. The van der Waals surface area contributed by atoms with E-state index in [-0.39, 0.29) is 18.4 Å². The van der Waals surface area contributed by atoms with Crippen LogP contribution in [-0.4, -0.2) is 33.6 Å². The average molecular weight is 364 g/mol. The van der Waals surface area contributed by atoms with Gasteiger partial charge in [-0.1, -0.05) is 42.1 Å². The first kappa shape index (κ1) is 16.5. The molecule has 0 spiro atoms. The van der Waals surface area contributed by atoms with E-state index in [1.54, 1.807) is 6.07 Å². The number of carbonyl (C=O) groups excluding carboxylic acids is 2. The van der Waals surface area contributed by atoms with Gasteiger partial charge in [0, 0.05) is 5.39 Å². The highest BCUT2D eigenvalue weighted by molar-refractivity contribution is 8.00. The summed E-state index contributed by atoms with van der Waals surface area (Å²) in [4.78, 5) is 35.1. The van der Waals surface area contributed by atoms with Crippen molar-refractivity contribution in [3.05, 3.63) is 54.9 Å². The van der Waals surface area contributed by atoms with E-state index in [9.17, 15) is 9.59 Å². The third-order valence-electron chi connectivity index (χ3n) is 4.18. The maximum atomic E-state index is 13.0. The minimum absolute atomic E-state index is 0.0191. The van der Waals surface area contributed by atoms with Crippen molar-refractivity contribution in [1.82, 2.24) is 9.97 Å². The van der Waals surface area contributed by atoms with E-state index in [0.29, 0.717) is 5.69 Å². The van der Waals surface area contributed by atoms with Crippen LogP contribution in [-0.2, 0) is 9.59 Å². The van der Waals surface area contributed by atoms with E-state index in [4.69, 9.17) is 0 Å². The number of nitrogens with one attached hydrogen (secondary N) is 1. The lowest BCUT2D eigenvalue weighted by molar-refractivity contribution is -0.121. The molecular weight excluding hydrogens is 348 g/mol. The SMILES string of the molecule is C[C@H](Sc1ncnc2ccccc12)C(=O)N1CC(=O)Nc2ccccc21. The van der Waals surface area contributed by atoms with Gasteiger partial charge in [-0.05, 0) is 25.1 Å². The number of hydrogen-bond acceptors (Lipinski definition) is 5. The molecule has 1 aromatic heterocycles. The van der Waals surface area contributed by atoms with E-state index >= 15 is 0 Å². The Hall–Kier alpha value is -2.93. The number of fused-ring (bicyclic) bond motifs is 2. The Kier molecular flexibility index (Phi) is 4.30. The van der Waals surface area contributed by atoms with E-state index in [1.807, 2.05) is 49.4 Å². The van der Waals surface area contributed by atoms with Gasteiger partial charge in [-0.3, -0.25) is 14.5 Å². The second-order valence-electron chi connectivity index (χ2n) is 5.95. The number of thioether (sulfide) groups is 1. The van der Waals surface area contributed by atoms with Crippen molar-refractivity contribution in [2.45, 2.75) is 17.2 Å². The molecule has 0 saturated carbocycles. The van der Waals surface area contributed by atoms with Crippen molar-refractivity contribution in [3.8, 4) is 0 Å². The Morgan fingerprint density at radius 2 is 1.92 bits per heavy atom. The minimum Gasteiger partial charge on any atom is -0.323 e. The largest absolute Gasteiger partial charge is 0.323 e. The number of amides is 2. The topological polar surface area (TPSA) is 75.2 Å². The molecule has 0 unspecified atom stereocenters. The molecule has 2 aromatic carbocycles. The third-order valence-corrected chi connectivity index (χ3v) is 5.28. The number of benzene rings is 2. The molecule has 0 saturated heterocycles. The van der Waals surface area contributed by atoms with Crippen molar-refractivity contribution in [2.24, 2.45) is 0 Å². The summed E-state index contributed by atoms with van der Waals surface area (Å²) >= 11 is 1.38. The maximum absolute atomic E-state index is 13.0. The van der Waals surface area contributed by atoms with Crippen molar-refractivity contribution in [3.63, 3.8) is 0 Å². The number of rotatable bonds is 3. The zero-order chi connectivity index (χ0) is 18.1. The first-order chi connectivity index (χ1) is 12.6. The Bertz CT molecular complexity index is 1000. The predicted molar refractivity (Wildman–Crippen MR) is 102 cm³/mol. The molecule has 7 heteroatoms. The van der Waals surface area contributed by atoms with Gasteiger partial charge in [0.15, 0.2) is 0 Å². The van der Waals surface area contributed by atoms with Crippen LogP contribution < -0.4 is 10.2 Å². The lowest BCUT2D eigenvalue weighted by Gasteiger charge is -2.30. The molecular formula is C19H16N4O2S. The predicted octanol–water partition coefficient (Wildman–Crippen LogP) is 3.10. The fourth-order valence-electron chi connectivity index (χ4n) is 2.94. The normalized spacial score (nSPS) is 14.7. The molecule has 6 nitrogen and oxygen atoms in total. The molecule has 1 N–H and O–H groups in total. The molecule has 130 valence electrons. The van der Waals surface area contributed by atoms with Gasteiger partial charge >= 0.3 is 0 Å². The molecule has 0 radical (unpaired) electrons. The minimum atomic E-state index is -0.396. The molecule has 3 aromatic rings. The fourth-order valence-corrected chi connectivity index (χ4v) is 3.91. The van der Waals surface area contributed by atoms with Crippen molar-refractivity contribution in [1.29, 1.82) is 0 Å². The van der Waals surface area contributed by atoms with E-state index in [0.717, 1.165) is 21.6 Å². The van der Waals surface area contributed by atoms with Gasteiger partial charge in [0.2, 0.25) is 11.8 Å². The summed E-state index contributed by atoms with van der Waals surface area (Å²) in [5.41, 5.74) is 2.21. The molecule has 1 atom stereocenters. The van der Waals surface area contributed by atoms with Gasteiger partial charge in [0.05, 0.1) is 22.1 Å². The Morgan fingerprint density at radius 3 is 2.81 bits per heavy atom. The summed E-state index contributed by atoms with van der Waals surface area (Å²) in [5.74, 6) is -0.318. The van der Waals surface area contributed by atoms with Gasteiger partial charge in [0.25, 0.3) is 0 Å². The molecule has 4 rings (SSSR count). The first-order valence-electron chi connectivity index (χ1n) is 8.20. The summed E-state index contributed by atoms with van der Waals surface area (Å²) in [6.07, 6.45) is 1.51. The van der Waals surface area contributed by atoms with Crippen molar-refractivity contribution < 1.29 is 9.59 Å². The number of anilines is 2. The van der Waals surface area contributed by atoms with Crippen LogP contribution in [0.25, 0.3) is 10.9 Å². The summed E-state index contributed by atoms with van der Waals surface area (Å²) in [6.45, 7) is 1.85. The highest BCUT2D eigenvalue weighted by Crippen LogP contribution is 2.33. The lowest BCUT2D eigenvalue weighted by Crippen LogP contribution is -2.45. The van der Waals surface area contributed by atoms with Gasteiger partial charge in [-0.2, -0.15) is 0 Å². The highest BCUT2D eigenvalue weighted by Gasteiger charge is 2.30. The number of nitrogens with zero attached hydrogens (tertiary/aromatic N) is 3. The van der Waals surface area contributed by atoms with Crippen LogP contribution in [0.4, 0.5) is 11.4 Å². The third kappa shape index (κ3) is 3.01. The summed E-state index contributed by atoms with van der Waals surface area (Å²) in [7, 11) is 0. The molecule has 2 amide bonds.